The molecule has 12 unspecified atom stereocenters. The van der Waals surface area contributed by atoms with Crippen LogP contribution in [0.4, 0.5) is 26.3 Å². The van der Waals surface area contributed by atoms with Crippen LogP contribution in [0.25, 0.3) is 0 Å². The van der Waals surface area contributed by atoms with E-state index in [1.54, 1.807) is 30.3 Å². The zero-order chi connectivity index (χ0) is 78.6. The summed E-state index contributed by atoms with van der Waals surface area (Å²) in [5, 5.41) is 0. The maximum Gasteiger partial charge on any atom is 0.419 e. The Morgan fingerprint density at radius 3 is 1.11 bits per heavy atom. The van der Waals surface area contributed by atoms with Gasteiger partial charge in [-0.1, -0.05) is 36.3 Å². The summed E-state index contributed by atoms with van der Waals surface area (Å²) in [5.41, 5.74) is 0.531. The molecule has 7 fully saturated rings. The van der Waals surface area contributed by atoms with Gasteiger partial charge in [0.1, 0.15) is 19.3 Å². The minimum atomic E-state index is -5.04. The highest BCUT2D eigenvalue weighted by Crippen LogP contribution is 2.36. The second-order valence-corrected chi connectivity index (χ2v) is 25.9. The predicted octanol–water partition coefficient (Wildman–Crippen LogP) is -4.83. The van der Waals surface area contributed by atoms with E-state index in [0.717, 1.165) is 42.7 Å². The minimum absolute atomic E-state index is 0.0221. The van der Waals surface area contributed by atoms with Gasteiger partial charge in [-0.2, -0.15) is 89.2 Å². The third-order valence-corrected chi connectivity index (χ3v) is 16.7. The van der Waals surface area contributed by atoms with E-state index < -0.39 is 226 Å². The minimum Gasteiger partial charge on any atom is -0.467 e. The van der Waals surface area contributed by atoms with E-state index in [9.17, 15) is 128 Å². The average Bonchev–Trinajstić information content (AvgIpc) is 1.68. The summed E-state index contributed by atoms with van der Waals surface area (Å²) in [6.45, 7) is 0.542. The number of ether oxygens (including phenoxy) is 9. The summed E-state index contributed by atoms with van der Waals surface area (Å²) >= 11 is 0. The molecule has 1 aromatic carbocycles. The molecule has 46 nitrogen and oxygen atoms in total. The number of esters is 9. The Morgan fingerprint density at radius 1 is 0.441 bits per heavy atom. The molecule has 8 rings (SSSR count). The van der Waals surface area contributed by atoms with Gasteiger partial charge in [-0.05, 0) is 19.4 Å². The fourth-order valence-electron chi connectivity index (χ4n) is 6.39. The van der Waals surface area contributed by atoms with Crippen molar-refractivity contribution in [2.45, 2.75) is 93.0 Å². The van der Waals surface area contributed by atoms with Crippen LogP contribution in [-0.2, 0) is 217 Å². The monoisotopic (exact) mass is 1640 g/mol. The molecule has 0 radical (unpaired) electrons. The molecule has 0 aromatic heterocycles. The molecule has 102 heavy (non-hydrogen) atoms. The van der Waals surface area contributed by atoms with E-state index >= 15 is 0 Å². The van der Waals surface area contributed by atoms with E-state index in [2.05, 4.69) is 97.0 Å². The number of benzene rings is 1. The molecule has 0 amide bonds. The third-order valence-electron chi connectivity index (χ3n) is 10.5. The molecule has 7 aliphatic heterocycles. The van der Waals surface area contributed by atoms with Crippen LogP contribution < -0.4 is 0 Å². The van der Waals surface area contributed by atoms with Gasteiger partial charge < -0.3 is 42.6 Å². The molecular weight excluding hydrogens is 1590 g/mol. The second-order valence-electron chi connectivity index (χ2n) is 17.4. The Bertz CT molecular complexity index is 3990. The van der Waals surface area contributed by atoms with Crippen LogP contribution in [-0.4, -0.2) is 261 Å². The quantitative estimate of drug-likeness (QED) is 0.0774. The maximum absolute atomic E-state index is 13.3. The highest BCUT2D eigenvalue weighted by Gasteiger charge is 2.60. The lowest BCUT2D eigenvalue weighted by Gasteiger charge is -2.15. The summed E-state index contributed by atoms with van der Waals surface area (Å²) in [4.78, 5) is 98.9. The number of carbonyl (C=O) groups excluding carboxylic acids is 9. The van der Waals surface area contributed by atoms with Crippen LogP contribution in [0.15, 0.2) is 30.3 Å². The SMILES string of the molecule is C#CCOC(=O)C1(F)COS(=O)(=O)O1.CCOC(=O)C1OS(=O)(=O)OC1C(=O)OCC.COC(=O)C1(F)COS(=O)(=O)O1.COC(=O)C1OS(=O)(=O)OC1C(=O)OC.COC(=O)C1OS(=O)(=O)OC1C(F)(F)F.COC(=O)C1OS(=O)(=O)OC1F.COC(=O)C1OS(=O)(=O)OC1c1ccccc1. The largest absolute Gasteiger partial charge is 0.467 e. The van der Waals surface area contributed by atoms with Crippen LogP contribution in [0, 0.1) is 12.3 Å². The number of halogens is 6. The second kappa shape index (κ2) is 37.4. The van der Waals surface area contributed by atoms with Crippen LogP contribution in [0.3, 0.4) is 0 Å². The average molecular weight is 1640 g/mol. The summed E-state index contributed by atoms with van der Waals surface area (Å²) in [7, 11) is -25.0. The summed E-state index contributed by atoms with van der Waals surface area (Å²) < 4.78 is 320. The van der Waals surface area contributed by atoms with Crippen molar-refractivity contribution in [3.05, 3.63) is 35.9 Å². The van der Waals surface area contributed by atoms with E-state index in [0.29, 0.717) is 5.56 Å². The molecule has 0 aliphatic carbocycles. The lowest BCUT2D eigenvalue weighted by atomic mass is 10.0. The third kappa shape index (κ3) is 27.4. The number of methoxy groups -OCH3 is 6. The van der Waals surface area contributed by atoms with Crippen molar-refractivity contribution in [2.24, 2.45) is 0 Å². The first-order valence-corrected chi connectivity index (χ1v) is 34.9. The molecule has 0 bridgehead atoms. The Labute approximate surface area is 570 Å². The van der Waals surface area contributed by atoms with Gasteiger partial charge in [0.2, 0.25) is 48.8 Å². The number of carbonyl (C=O) groups is 9. The molecule has 12 atom stereocenters. The number of rotatable bonds is 13. The van der Waals surface area contributed by atoms with Crippen molar-refractivity contribution in [2.75, 3.05) is 75.7 Å². The molecule has 1 aromatic rings. The van der Waals surface area contributed by atoms with Gasteiger partial charge in [0.25, 0.3) is 6.36 Å². The molecule has 59 heteroatoms. The van der Waals surface area contributed by atoms with Gasteiger partial charge in [-0.3, -0.25) is 0 Å². The standard InChI is InChI=1S/C10H10O6S.C8H12O8S.C6H5FO6S.C6H8O8S.C5H5F3O6S.2C4H5FO6S/c1-14-10(11)9-8(15-17(12,13)16-9)7-5-3-2-4-6-7;1-3-13-7(9)5-6(8(10)14-4-2)16-17(11,12)15-5;1-2-3-11-5(8)6(7)4-12-14(9,10)13-6;1-11-5(7)3-4(6(8)12-2)14-15(9,10)13-3;1-12-4(9)2-3(5(6,7)8)14-15(10,11)13-2;1-9-3(6)4(5)2-10-12(7,8)11-4;1-9-4(6)2-3(5)11-12(7,8)10-2/h2-6,8-9H,1H3;5-6H,3-4H2,1-2H3;1H,3-4H2;3-4H,1-2H3;2-3H,1H3;2H2,1H3;2-3H,1H3. The van der Waals surface area contributed by atoms with Crippen LogP contribution in [0.2, 0.25) is 0 Å². The molecule has 582 valence electrons. The zero-order valence-corrected chi connectivity index (χ0v) is 57.4. The summed E-state index contributed by atoms with van der Waals surface area (Å²) in [5.74, 6) is -14.7. The molecule has 0 saturated carbocycles. The van der Waals surface area contributed by atoms with Gasteiger partial charge in [-0.25, -0.2) is 97.7 Å². The van der Waals surface area contributed by atoms with Crippen molar-refractivity contribution in [3.63, 3.8) is 0 Å². The van der Waals surface area contributed by atoms with Gasteiger partial charge >= 0.3 is 144 Å². The van der Waals surface area contributed by atoms with Gasteiger partial charge in [0, 0.05) is 0 Å². The number of hydrogen-bond acceptors (Lipinski definition) is 46. The summed E-state index contributed by atoms with van der Waals surface area (Å²) in [6.07, 6.45) is -18.6. The molecular formula is C43H50F6O46S7. The first-order chi connectivity index (χ1) is 46.8. The summed E-state index contributed by atoms with van der Waals surface area (Å²) in [6, 6.07) is 8.46. The Balaban J connectivity index is 0.000000406. The molecule has 0 spiro atoms. The zero-order valence-electron chi connectivity index (χ0n) is 51.7. The van der Waals surface area contributed by atoms with Crippen molar-refractivity contribution in [1.82, 2.24) is 0 Å². The first kappa shape index (κ1) is 90.8. The number of terminal acetylenes is 1. The first-order valence-electron chi connectivity index (χ1n) is 25.6. The predicted molar refractivity (Wildman–Crippen MR) is 291 cm³/mol. The van der Waals surface area contributed by atoms with E-state index in [4.69, 9.17) is 10.6 Å². The van der Waals surface area contributed by atoms with Crippen molar-refractivity contribution in [1.29, 1.82) is 0 Å². The molecule has 7 heterocycles. The van der Waals surface area contributed by atoms with E-state index in [-0.39, 0.29) is 13.2 Å². The van der Waals surface area contributed by atoms with Crippen molar-refractivity contribution >= 4 is 127 Å². The Hall–Kier alpha value is -7.32. The molecule has 7 aliphatic rings. The normalized spacial score (nSPS) is 29.3. The van der Waals surface area contributed by atoms with Gasteiger partial charge in [0.05, 0.1) is 55.9 Å². The van der Waals surface area contributed by atoms with Crippen LogP contribution in [0.5, 0.6) is 0 Å². The molecule has 7 saturated heterocycles. The topological polar surface area (TPSA) is 605 Å². The lowest BCUT2D eigenvalue weighted by molar-refractivity contribution is -0.207. The van der Waals surface area contributed by atoms with Crippen molar-refractivity contribution < 1.29 is 230 Å². The lowest BCUT2D eigenvalue weighted by Crippen LogP contribution is -2.42. The van der Waals surface area contributed by atoms with Crippen molar-refractivity contribution in [3.8, 4) is 12.3 Å². The maximum atomic E-state index is 13.3. The fourth-order valence-corrected chi connectivity index (χ4v) is 12.5. The van der Waals surface area contributed by atoms with E-state index in [1.807, 2.05) is 5.92 Å². The smallest absolute Gasteiger partial charge is 0.419 e. The van der Waals surface area contributed by atoms with Crippen LogP contribution >= 0.6 is 0 Å². The van der Waals surface area contributed by atoms with Gasteiger partial charge in [0.15, 0.2) is 6.61 Å². The Kier molecular flexibility index (Phi) is 33.3. The number of hydrogen-bond donors (Lipinski definition) is 0. The number of alkyl halides is 6. The Morgan fingerprint density at radius 2 is 0.765 bits per heavy atom. The highest BCUT2D eigenvalue weighted by molar-refractivity contribution is 7.83. The molecule has 0 N–H and O–H groups in total. The highest BCUT2D eigenvalue weighted by atomic mass is 32.3. The van der Waals surface area contributed by atoms with Crippen LogP contribution in [0.1, 0.15) is 25.5 Å². The fraction of sp³-hybridized carbons (Fsp3) is 0.605. The van der Waals surface area contributed by atoms with E-state index in [1.165, 1.54) is 13.8 Å². The van der Waals surface area contributed by atoms with Gasteiger partial charge in [-0.15, -0.1) is 6.42 Å².